The molecule has 2 heteroatoms. The summed E-state index contributed by atoms with van der Waals surface area (Å²) in [5.41, 5.74) is 15.0. The predicted molar refractivity (Wildman–Crippen MR) is 87.1 cm³/mol. The summed E-state index contributed by atoms with van der Waals surface area (Å²) in [7, 11) is 0. The SMILES string of the molecule is Nc1ccc(-c2ccccc2)cc1.Nc1ccccc1. The van der Waals surface area contributed by atoms with Crippen LogP contribution in [0.1, 0.15) is 0 Å². The molecule has 100 valence electrons. The van der Waals surface area contributed by atoms with E-state index in [4.69, 9.17) is 11.5 Å². The Hall–Kier alpha value is -2.74. The number of benzene rings is 3. The Bertz CT molecular complexity index is 617. The van der Waals surface area contributed by atoms with Gasteiger partial charge in [-0.2, -0.15) is 0 Å². The molecule has 4 N–H and O–H groups in total. The van der Waals surface area contributed by atoms with Gasteiger partial charge in [-0.3, -0.25) is 0 Å². The van der Waals surface area contributed by atoms with Gasteiger partial charge in [0.25, 0.3) is 0 Å². The van der Waals surface area contributed by atoms with E-state index in [-0.39, 0.29) is 0 Å². The van der Waals surface area contributed by atoms with Crippen LogP contribution in [-0.4, -0.2) is 0 Å². The minimum Gasteiger partial charge on any atom is -0.399 e. The Balaban J connectivity index is 0.000000178. The van der Waals surface area contributed by atoms with E-state index in [9.17, 15) is 0 Å². The molecule has 0 radical (unpaired) electrons. The highest BCUT2D eigenvalue weighted by Gasteiger charge is 1.94. The molecule has 0 atom stereocenters. The maximum absolute atomic E-state index is 5.60. The summed E-state index contributed by atoms with van der Waals surface area (Å²) in [6.45, 7) is 0. The Morgan fingerprint density at radius 1 is 0.400 bits per heavy atom. The summed E-state index contributed by atoms with van der Waals surface area (Å²) >= 11 is 0. The van der Waals surface area contributed by atoms with E-state index in [2.05, 4.69) is 12.1 Å². The van der Waals surface area contributed by atoms with Crippen molar-refractivity contribution >= 4 is 11.4 Å². The zero-order valence-electron chi connectivity index (χ0n) is 11.2. The molecule has 3 aromatic rings. The lowest BCUT2D eigenvalue weighted by atomic mass is 10.1. The molecule has 0 aliphatic carbocycles. The van der Waals surface area contributed by atoms with Gasteiger partial charge in [0.1, 0.15) is 0 Å². The first-order valence-electron chi connectivity index (χ1n) is 6.47. The van der Waals surface area contributed by atoms with Crippen molar-refractivity contribution < 1.29 is 0 Å². The van der Waals surface area contributed by atoms with Gasteiger partial charge >= 0.3 is 0 Å². The van der Waals surface area contributed by atoms with Crippen molar-refractivity contribution in [2.75, 3.05) is 11.5 Å². The van der Waals surface area contributed by atoms with E-state index in [1.807, 2.05) is 72.8 Å². The molecule has 20 heavy (non-hydrogen) atoms. The standard InChI is InChI=1S/C12H11N.C6H7N/c13-12-8-6-11(7-9-12)10-4-2-1-3-5-10;7-6-4-2-1-3-5-6/h1-9H,13H2;1-5H,7H2. The molecule has 0 bridgehead atoms. The van der Waals surface area contributed by atoms with Crippen LogP contribution in [0.3, 0.4) is 0 Å². The van der Waals surface area contributed by atoms with Gasteiger partial charge in [0.05, 0.1) is 0 Å². The van der Waals surface area contributed by atoms with Crippen LogP contribution in [-0.2, 0) is 0 Å². The molecule has 3 rings (SSSR count). The van der Waals surface area contributed by atoms with Crippen molar-refractivity contribution in [2.45, 2.75) is 0 Å². The van der Waals surface area contributed by atoms with Crippen molar-refractivity contribution in [3.05, 3.63) is 84.9 Å². The second-order valence-corrected chi connectivity index (χ2v) is 4.40. The van der Waals surface area contributed by atoms with E-state index in [1.54, 1.807) is 0 Å². The van der Waals surface area contributed by atoms with Gasteiger partial charge in [-0.25, -0.2) is 0 Å². The lowest BCUT2D eigenvalue weighted by Gasteiger charge is -2.00. The Kier molecular flexibility index (Phi) is 4.79. The summed E-state index contributed by atoms with van der Waals surface area (Å²) in [4.78, 5) is 0. The third kappa shape index (κ3) is 4.18. The second-order valence-electron chi connectivity index (χ2n) is 4.40. The lowest BCUT2D eigenvalue weighted by Crippen LogP contribution is -1.83. The van der Waals surface area contributed by atoms with Crippen LogP contribution in [0.15, 0.2) is 84.9 Å². The summed E-state index contributed by atoms with van der Waals surface area (Å²) in [6.07, 6.45) is 0. The monoisotopic (exact) mass is 262 g/mol. The van der Waals surface area contributed by atoms with E-state index in [0.29, 0.717) is 0 Å². The van der Waals surface area contributed by atoms with E-state index in [1.165, 1.54) is 11.1 Å². The molecular weight excluding hydrogens is 244 g/mol. The number of hydrogen-bond donors (Lipinski definition) is 2. The third-order valence-electron chi connectivity index (χ3n) is 2.82. The quantitative estimate of drug-likeness (QED) is 0.646. The van der Waals surface area contributed by atoms with Gasteiger partial charge in [-0.05, 0) is 35.4 Å². The largest absolute Gasteiger partial charge is 0.399 e. The molecule has 0 heterocycles. The Morgan fingerprint density at radius 3 is 1.25 bits per heavy atom. The molecule has 0 aliphatic rings. The molecule has 0 aromatic heterocycles. The molecule has 2 nitrogen and oxygen atoms in total. The molecular formula is C18H18N2. The maximum Gasteiger partial charge on any atom is 0.0314 e. The van der Waals surface area contributed by atoms with Crippen LogP contribution in [0.2, 0.25) is 0 Å². The van der Waals surface area contributed by atoms with Crippen molar-refractivity contribution in [1.82, 2.24) is 0 Å². The fraction of sp³-hybridized carbons (Fsp3) is 0. The minimum absolute atomic E-state index is 0.805. The van der Waals surface area contributed by atoms with Gasteiger partial charge in [0.2, 0.25) is 0 Å². The van der Waals surface area contributed by atoms with Crippen LogP contribution in [0.4, 0.5) is 11.4 Å². The van der Waals surface area contributed by atoms with E-state index >= 15 is 0 Å². The number of nitrogens with two attached hydrogens (primary N) is 2. The van der Waals surface area contributed by atoms with Gasteiger partial charge < -0.3 is 11.5 Å². The minimum atomic E-state index is 0.805. The van der Waals surface area contributed by atoms with Crippen molar-refractivity contribution in [1.29, 1.82) is 0 Å². The zero-order valence-corrected chi connectivity index (χ0v) is 11.2. The van der Waals surface area contributed by atoms with Crippen LogP contribution in [0, 0.1) is 0 Å². The van der Waals surface area contributed by atoms with Crippen LogP contribution in [0.5, 0.6) is 0 Å². The molecule has 0 saturated carbocycles. The van der Waals surface area contributed by atoms with Gasteiger partial charge in [-0.1, -0.05) is 60.7 Å². The van der Waals surface area contributed by atoms with Crippen molar-refractivity contribution in [2.24, 2.45) is 0 Å². The molecule has 0 fully saturated rings. The summed E-state index contributed by atoms with van der Waals surface area (Å²) in [6, 6.07) is 27.6. The number of nitrogen functional groups attached to an aromatic ring is 2. The average molecular weight is 262 g/mol. The highest BCUT2D eigenvalue weighted by atomic mass is 14.5. The van der Waals surface area contributed by atoms with Crippen LogP contribution < -0.4 is 11.5 Å². The molecule has 0 aliphatic heterocycles. The smallest absolute Gasteiger partial charge is 0.0314 e. The Morgan fingerprint density at radius 2 is 0.800 bits per heavy atom. The zero-order chi connectivity index (χ0) is 14.2. The summed E-state index contributed by atoms with van der Waals surface area (Å²) in [5, 5.41) is 0. The number of hydrogen-bond acceptors (Lipinski definition) is 2. The van der Waals surface area contributed by atoms with E-state index < -0.39 is 0 Å². The molecule has 3 aromatic carbocycles. The first-order chi connectivity index (χ1) is 9.75. The van der Waals surface area contributed by atoms with Crippen molar-refractivity contribution in [3.63, 3.8) is 0 Å². The molecule has 0 spiro atoms. The van der Waals surface area contributed by atoms with E-state index in [0.717, 1.165) is 11.4 Å². The first-order valence-corrected chi connectivity index (χ1v) is 6.47. The normalized spacial score (nSPS) is 9.40. The molecule has 0 saturated heterocycles. The fourth-order valence-corrected chi connectivity index (χ4v) is 1.76. The second kappa shape index (κ2) is 7.00. The van der Waals surface area contributed by atoms with Crippen molar-refractivity contribution in [3.8, 4) is 11.1 Å². The average Bonchev–Trinajstić information content (AvgIpc) is 2.50. The highest BCUT2D eigenvalue weighted by Crippen LogP contribution is 2.19. The predicted octanol–water partition coefficient (Wildman–Crippen LogP) is 4.20. The lowest BCUT2D eigenvalue weighted by molar-refractivity contribution is 1.61. The fourth-order valence-electron chi connectivity index (χ4n) is 1.76. The van der Waals surface area contributed by atoms with Gasteiger partial charge in [-0.15, -0.1) is 0 Å². The summed E-state index contributed by atoms with van der Waals surface area (Å²) in [5.74, 6) is 0. The first kappa shape index (κ1) is 13.7. The highest BCUT2D eigenvalue weighted by molar-refractivity contribution is 5.65. The summed E-state index contributed by atoms with van der Waals surface area (Å²) < 4.78 is 0. The van der Waals surface area contributed by atoms with Gasteiger partial charge in [0.15, 0.2) is 0 Å². The maximum atomic E-state index is 5.60. The molecule has 0 amide bonds. The number of rotatable bonds is 1. The molecule has 0 unspecified atom stereocenters. The number of anilines is 2. The van der Waals surface area contributed by atoms with Crippen LogP contribution in [0.25, 0.3) is 11.1 Å². The third-order valence-corrected chi connectivity index (χ3v) is 2.82. The van der Waals surface area contributed by atoms with Gasteiger partial charge in [0, 0.05) is 11.4 Å². The topological polar surface area (TPSA) is 52.0 Å². The Labute approximate surface area is 119 Å². The van der Waals surface area contributed by atoms with Crippen LogP contribution >= 0.6 is 0 Å². The number of para-hydroxylation sites is 1.